The molecule has 31 heavy (non-hydrogen) atoms. The molecule has 6 nitrogen and oxygen atoms in total. The summed E-state index contributed by atoms with van der Waals surface area (Å²) in [5, 5.41) is 15.6. The fourth-order valence-electron chi connectivity index (χ4n) is 3.10. The summed E-state index contributed by atoms with van der Waals surface area (Å²) in [7, 11) is 0. The first kappa shape index (κ1) is 29.3. The Morgan fingerprint density at radius 3 is 1.61 bits per heavy atom. The summed E-state index contributed by atoms with van der Waals surface area (Å²) in [5.74, 6) is 0.106. The van der Waals surface area contributed by atoms with Gasteiger partial charge in [-0.05, 0) is 32.6 Å². The van der Waals surface area contributed by atoms with E-state index in [1.165, 1.54) is 25.7 Å². The van der Waals surface area contributed by atoms with Crippen LogP contribution >= 0.6 is 0 Å². The largest absolute Gasteiger partial charge is 0.392 e. The molecule has 3 N–H and O–H groups in total. The third-order valence-electron chi connectivity index (χ3n) is 4.88. The molecule has 0 heterocycles. The summed E-state index contributed by atoms with van der Waals surface area (Å²) in [6.07, 6.45) is 17.5. The normalized spacial score (nSPS) is 12.7. The highest BCUT2D eigenvalue weighted by atomic mass is 16.3. The second-order valence-corrected chi connectivity index (χ2v) is 8.15. The second-order valence-electron chi connectivity index (χ2n) is 8.15. The van der Waals surface area contributed by atoms with Crippen molar-refractivity contribution >= 4 is 11.8 Å². The van der Waals surface area contributed by atoms with E-state index in [2.05, 4.69) is 53.7 Å². The molecule has 0 aromatic heterocycles. The van der Waals surface area contributed by atoms with Crippen LogP contribution in [-0.2, 0) is 9.59 Å². The predicted molar refractivity (Wildman–Crippen MR) is 130 cm³/mol. The molecule has 6 heteroatoms. The van der Waals surface area contributed by atoms with E-state index in [-0.39, 0.29) is 11.8 Å². The van der Waals surface area contributed by atoms with Gasteiger partial charge in [-0.15, -0.1) is 0 Å². The number of amides is 2. The molecule has 0 radical (unpaired) electrons. The molecule has 180 valence electrons. The average molecular weight is 438 g/mol. The van der Waals surface area contributed by atoms with Gasteiger partial charge in [0.25, 0.3) is 0 Å². The van der Waals surface area contributed by atoms with Crippen LogP contribution in [0, 0.1) is 0 Å². The van der Waals surface area contributed by atoms with E-state index in [1.807, 2.05) is 0 Å². The van der Waals surface area contributed by atoms with Gasteiger partial charge >= 0.3 is 0 Å². The Morgan fingerprint density at radius 1 is 0.806 bits per heavy atom. The van der Waals surface area contributed by atoms with Gasteiger partial charge in [0.05, 0.1) is 6.10 Å². The maximum Gasteiger partial charge on any atom is 0.220 e. The molecule has 0 aromatic rings. The van der Waals surface area contributed by atoms with Crippen molar-refractivity contribution in [3.63, 3.8) is 0 Å². The molecular weight excluding hydrogens is 390 g/mol. The summed E-state index contributed by atoms with van der Waals surface area (Å²) in [6, 6.07) is 0. The molecule has 0 saturated heterocycles. The van der Waals surface area contributed by atoms with Crippen LogP contribution in [0.5, 0.6) is 0 Å². The van der Waals surface area contributed by atoms with E-state index in [0.29, 0.717) is 45.6 Å². The minimum atomic E-state index is -0.451. The van der Waals surface area contributed by atoms with Crippen molar-refractivity contribution in [2.24, 2.45) is 0 Å². The molecule has 0 spiro atoms. The summed E-state index contributed by atoms with van der Waals surface area (Å²) in [4.78, 5) is 26.0. The molecule has 2 amide bonds. The van der Waals surface area contributed by atoms with Crippen LogP contribution in [-0.4, -0.2) is 60.6 Å². The number of carbonyl (C=O) groups excluding carboxylic acids is 2. The molecule has 0 saturated carbocycles. The Labute approximate surface area is 190 Å². The fourth-order valence-corrected chi connectivity index (χ4v) is 3.10. The topological polar surface area (TPSA) is 81.7 Å². The smallest absolute Gasteiger partial charge is 0.220 e. The van der Waals surface area contributed by atoms with Gasteiger partial charge in [-0.25, -0.2) is 0 Å². The Morgan fingerprint density at radius 2 is 1.23 bits per heavy atom. The zero-order chi connectivity index (χ0) is 23.2. The Balaban J connectivity index is 3.99. The van der Waals surface area contributed by atoms with E-state index in [9.17, 15) is 14.7 Å². The number of rotatable bonds is 20. The highest BCUT2D eigenvalue weighted by Gasteiger charge is 2.09. The number of unbranched alkanes of at least 4 members (excludes halogenated alkanes) is 4. The molecule has 1 atom stereocenters. The van der Waals surface area contributed by atoms with Gasteiger partial charge in [-0.3, -0.25) is 14.5 Å². The molecule has 0 fully saturated rings. The van der Waals surface area contributed by atoms with Crippen LogP contribution in [0.15, 0.2) is 24.3 Å². The predicted octanol–water partition coefficient (Wildman–Crippen LogP) is 3.95. The minimum absolute atomic E-state index is 0.0532. The molecule has 0 rings (SSSR count). The van der Waals surface area contributed by atoms with E-state index in [0.717, 1.165) is 25.7 Å². The summed E-state index contributed by atoms with van der Waals surface area (Å²) in [6.45, 7) is 9.00. The lowest BCUT2D eigenvalue weighted by atomic mass is 10.2. The molecule has 0 aliphatic rings. The average Bonchev–Trinajstić information content (AvgIpc) is 2.72. The van der Waals surface area contributed by atoms with Crippen LogP contribution in [0.2, 0.25) is 0 Å². The van der Waals surface area contributed by atoms with Gasteiger partial charge in [0, 0.05) is 45.6 Å². The number of nitrogens with one attached hydrogen (secondary N) is 2. The number of aliphatic hydroxyl groups excluding tert-OH is 1. The van der Waals surface area contributed by atoms with Gasteiger partial charge in [0.15, 0.2) is 0 Å². The number of allylic oxidation sites excluding steroid dienone is 4. The number of nitrogens with zero attached hydrogens (tertiary/aromatic N) is 1. The van der Waals surface area contributed by atoms with Crippen molar-refractivity contribution in [3.8, 4) is 0 Å². The summed E-state index contributed by atoms with van der Waals surface area (Å²) >= 11 is 0. The van der Waals surface area contributed by atoms with E-state index in [1.54, 1.807) is 6.92 Å². The maximum absolute atomic E-state index is 11.9. The number of aliphatic hydroxyl groups is 1. The quantitative estimate of drug-likeness (QED) is 0.199. The fraction of sp³-hybridized carbons (Fsp3) is 0.760. The van der Waals surface area contributed by atoms with Crippen LogP contribution in [0.4, 0.5) is 0 Å². The van der Waals surface area contributed by atoms with Crippen molar-refractivity contribution in [2.75, 3.05) is 32.7 Å². The van der Waals surface area contributed by atoms with Gasteiger partial charge in [-0.1, -0.05) is 63.8 Å². The third kappa shape index (κ3) is 21.4. The van der Waals surface area contributed by atoms with Crippen LogP contribution < -0.4 is 10.6 Å². The molecular formula is C25H47N3O3. The first-order valence-electron chi connectivity index (χ1n) is 12.2. The highest BCUT2D eigenvalue weighted by molar-refractivity contribution is 5.76. The Kier molecular flexibility index (Phi) is 20.4. The lowest BCUT2D eigenvalue weighted by molar-refractivity contribution is -0.121. The standard InChI is InChI=1S/C25H47N3O3/c1-4-6-8-10-12-14-16-24(30)26-18-20-28(22-23(3)29)21-19-27-25(31)17-15-13-11-9-7-5-2/h10-13,23,29H,4-9,14-22H2,1-3H3,(H,26,30)(H,27,31)/b12-10+,13-11+. The monoisotopic (exact) mass is 437 g/mol. The lowest BCUT2D eigenvalue weighted by Gasteiger charge is -2.24. The van der Waals surface area contributed by atoms with Crippen LogP contribution in [0.3, 0.4) is 0 Å². The molecule has 0 bridgehead atoms. The second kappa shape index (κ2) is 21.6. The summed E-state index contributed by atoms with van der Waals surface area (Å²) in [5.41, 5.74) is 0. The first-order chi connectivity index (χ1) is 15.0. The number of carbonyl (C=O) groups is 2. The zero-order valence-electron chi connectivity index (χ0n) is 20.2. The van der Waals surface area contributed by atoms with Crippen molar-refractivity contribution in [2.45, 2.75) is 91.1 Å². The molecule has 0 aliphatic carbocycles. The van der Waals surface area contributed by atoms with Crippen LogP contribution in [0.25, 0.3) is 0 Å². The van der Waals surface area contributed by atoms with Gasteiger partial charge in [0.2, 0.25) is 11.8 Å². The SMILES string of the molecule is CCCC/C=C/CCC(=O)NCCN(CCNC(=O)CC/C=C/CCCC)CC(C)O. The van der Waals surface area contributed by atoms with E-state index < -0.39 is 6.10 Å². The van der Waals surface area contributed by atoms with Gasteiger partial charge < -0.3 is 15.7 Å². The third-order valence-corrected chi connectivity index (χ3v) is 4.88. The Hall–Kier alpha value is -1.66. The first-order valence-corrected chi connectivity index (χ1v) is 12.2. The number of hydrogen-bond acceptors (Lipinski definition) is 4. The summed E-state index contributed by atoms with van der Waals surface area (Å²) < 4.78 is 0. The highest BCUT2D eigenvalue weighted by Crippen LogP contribution is 1.99. The lowest BCUT2D eigenvalue weighted by Crippen LogP contribution is -2.42. The Bertz CT molecular complexity index is 464. The van der Waals surface area contributed by atoms with Crippen molar-refractivity contribution in [1.82, 2.24) is 15.5 Å². The van der Waals surface area contributed by atoms with Gasteiger partial charge in [0.1, 0.15) is 0 Å². The van der Waals surface area contributed by atoms with Crippen LogP contribution in [0.1, 0.15) is 85.0 Å². The van der Waals surface area contributed by atoms with Gasteiger partial charge in [-0.2, -0.15) is 0 Å². The molecule has 0 aromatic carbocycles. The molecule has 0 aliphatic heterocycles. The number of hydrogen-bond donors (Lipinski definition) is 3. The molecule has 1 unspecified atom stereocenters. The van der Waals surface area contributed by atoms with Crippen molar-refractivity contribution < 1.29 is 14.7 Å². The van der Waals surface area contributed by atoms with E-state index in [4.69, 9.17) is 0 Å². The van der Waals surface area contributed by atoms with Crippen molar-refractivity contribution in [3.05, 3.63) is 24.3 Å². The minimum Gasteiger partial charge on any atom is -0.392 e. The maximum atomic E-state index is 11.9. The van der Waals surface area contributed by atoms with Crippen molar-refractivity contribution in [1.29, 1.82) is 0 Å². The van der Waals surface area contributed by atoms with E-state index >= 15 is 0 Å². The zero-order valence-corrected chi connectivity index (χ0v) is 20.2.